The van der Waals surface area contributed by atoms with Crippen LogP contribution in [0, 0.1) is 13.8 Å². The van der Waals surface area contributed by atoms with Crippen molar-refractivity contribution in [3.8, 4) is 11.5 Å². The summed E-state index contributed by atoms with van der Waals surface area (Å²) in [6.07, 6.45) is 1.20. The number of nitrogen functional groups attached to an aromatic ring is 1. The third-order valence-corrected chi connectivity index (χ3v) is 5.26. The van der Waals surface area contributed by atoms with Crippen LogP contribution in [0.3, 0.4) is 0 Å². The Morgan fingerprint density at radius 3 is 2.93 bits per heavy atom. The zero-order valence-electron chi connectivity index (χ0n) is 17.7. The number of nitrogens with one attached hydrogen (secondary N) is 1. The molecule has 0 fully saturated rings. The Hall–Kier alpha value is -3.36. The molecule has 0 aliphatic carbocycles. The number of hydrogen-bond donors (Lipinski definition) is 2. The molecule has 3 N–H and O–H groups in total. The van der Waals surface area contributed by atoms with Crippen molar-refractivity contribution >= 4 is 17.6 Å². The molecule has 0 radical (unpaired) electrons. The van der Waals surface area contributed by atoms with Gasteiger partial charge >= 0.3 is 0 Å². The number of rotatable bonds is 6. The molecule has 4 rings (SSSR count). The molecule has 0 spiro atoms. The molecular formula is C21H26N6O3. The summed E-state index contributed by atoms with van der Waals surface area (Å²) < 4.78 is 13.2. The lowest BCUT2D eigenvalue weighted by atomic mass is 10.1. The molecule has 1 amide bonds. The highest BCUT2D eigenvalue weighted by Crippen LogP contribution is 2.35. The summed E-state index contributed by atoms with van der Waals surface area (Å²) in [5.74, 6) is 2.11. The van der Waals surface area contributed by atoms with E-state index >= 15 is 0 Å². The highest BCUT2D eigenvalue weighted by atomic mass is 16.5. The summed E-state index contributed by atoms with van der Waals surface area (Å²) in [7, 11) is 0. The van der Waals surface area contributed by atoms with Gasteiger partial charge in [0.1, 0.15) is 17.6 Å². The normalized spacial score (nSPS) is 15.1. The molecule has 0 unspecified atom stereocenters. The van der Waals surface area contributed by atoms with Crippen molar-refractivity contribution in [3.63, 3.8) is 0 Å². The van der Waals surface area contributed by atoms with Crippen molar-refractivity contribution in [2.24, 2.45) is 0 Å². The number of nitrogens with zero attached hydrogens (tertiary/aromatic N) is 4. The second kappa shape index (κ2) is 7.81. The number of anilines is 1. The van der Waals surface area contributed by atoms with Gasteiger partial charge in [-0.15, -0.1) is 5.10 Å². The third-order valence-electron chi connectivity index (χ3n) is 5.26. The summed E-state index contributed by atoms with van der Waals surface area (Å²) in [5.41, 5.74) is 10.0. The molecule has 1 aromatic carbocycles. The molecular weight excluding hydrogens is 384 g/mol. The molecule has 9 heteroatoms. The van der Waals surface area contributed by atoms with Gasteiger partial charge in [-0.05, 0) is 39.8 Å². The van der Waals surface area contributed by atoms with Crippen molar-refractivity contribution in [1.29, 1.82) is 0 Å². The van der Waals surface area contributed by atoms with Crippen LogP contribution in [0.4, 0.5) is 5.95 Å². The third kappa shape index (κ3) is 3.74. The molecule has 3 heterocycles. The van der Waals surface area contributed by atoms with E-state index in [0.29, 0.717) is 18.9 Å². The number of fused-ring (bicyclic) bond motifs is 2. The Morgan fingerprint density at radius 1 is 1.37 bits per heavy atom. The second-order valence-corrected chi connectivity index (χ2v) is 7.53. The standard InChI is InChI=1S/C21H26N6O3/c1-5-29-17-7-14-6-11(2)30-18(14)8-15(17)10-23-19(28)9-16-12(3)24-21-25-20(22)26-27(21)13(16)4/h7-8,11H,5-6,9-10H2,1-4H3,(H2,22,26)(H,23,28)/t11-/m0/s1. The van der Waals surface area contributed by atoms with Crippen LogP contribution < -0.4 is 20.5 Å². The summed E-state index contributed by atoms with van der Waals surface area (Å²) in [5, 5.41) is 7.13. The van der Waals surface area contributed by atoms with Crippen molar-refractivity contribution in [1.82, 2.24) is 24.9 Å². The number of nitrogens with two attached hydrogens (primary N) is 1. The van der Waals surface area contributed by atoms with Gasteiger partial charge in [-0.25, -0.2) is 4.98 Å². The number of amides is 1. The van der Waals surface area contributed by atoms with E-state index in [1.165, 1.54) is 0 Å². The monoisotopic (exact) mass is 410 g/mol. The largest absolute Gasteiger partial charge is 0.494 e. The fourth-order valence-electron chi connectivity index (χ4n) is 3.81. The maximum Gasteiger partial charge on any atom is 0.254 e. The van der Waals surface area contributed by atoms with E-state index in [9.17, 15) is 4.79 Å². The van der Waals surface area contributed by atoms with Gasteiger partial charge < -0.3 is 20.5 Å². The molecule has 1 atom stereocenters. The van der Waals surface area contributed by atoms with E-state index in [0.717, 1.165) is 46.0 Å². The minimum absolute atomic E-state index is 0.118. The van der Waals surface area contributed by atoms with E-state index in [1.807, 2.05) is 39.8 Å². The van der Waals surface area contributed by atoms with Crippen LogP contribution in [0.5, 0.6) is 11.5 Å². The fraction of sp³-hybridized carbons (Fsp3) is 0.429. The lowest BCUT2D eigenvalue weighted by molar-refractivity contribution is -0.120. The Morgan fingerprint density at radius 2 is 2.17 bits per heavy atom. The highest BCUT2D eigenvalue weighted by Gasteiger charge is 2.22. The molecule has 158 valence electrons. The van der Waals surface area contributed by atoms with Crippen LogP contribution in [-0.2, 0) is 24.2 Å². The van der Waals surface area contributed by atoms with Crippen LogP contribution >= 0.6 is 0 Å². The van der Waals surface area contributed by atoms with Gasteiger partial charge in [0.25, 0.3) is 5.78 Å². The van der Waals surface area contributed by atoms with Gasteiger partial charge in [0.05, 0.1) is 13.0 Å². The molecule has 2 aromatic heterocycles. The van der Waals surface area contributed by atoms with Gasteiger partial charge in [0.2, 0.25) is 11.9 Å². The predicted octanol–water partition coefficient (Wildman–Crippen LogP) is 1.90. The van der Waals surface area contributed by atoms with Crippen molar-refractivity contribution in [2.75, 3.05) is 12.3 Å². The Bertz CT molecular complexity index is 1120. The first-order valence-corrected chi connectivity index (χ1v) is 10.1. The van der Waals surface area contributed by atoms with Gasteiger partial charge in [-0.3, -0.25) is 4.79 Å². The van der Waals surface area contributed by atoms with Crippen LogP contribution in [0.2, 0.25) is 0 Å². The lowest BCUT2D eigenvalue weighted by Gasteiger charge is -2.14. The minimum atomic E-state index is -0.118. The first kappa shape index (κ1) is 19.9. The average Bonchev–Trinajstić information content (AvgIpc) is 3.24. The first-order chi connectivity index (χ1) is 14.4. The summed E-state index contributed by atoms with van der Waals surface area (Å²) in [4.78, 5) is 21.2. The topological polar surface area (TPSA) is 117 Å². The van der Waals surface area contributed by atoms with Crippen molar-refractivity contribution < 1.29 is 14.3 Å². The number of hydrogen-bond acceptors (Lipinski definition) is 7. The van der Waals surface area contributed by atoms with Gasteiger partial charge in [-0.2, -0.15) is 9.50 Å². The Balaban J connectivity index is 1.51. The number of carbonyl (C=O) groups is 1. The van der Waals surface area contributed by atoms with Crippen molar-refractivity contribution in [3.05, 3.63) is 40.2 Å². The van der Waals surface area contributed by atoms with Crippen LogP contribution in [0.15, 0.2) is 12.1 Å². The SMILES string of the molecule is CCOc1cc2c(cc1CNC(=O)Cc1c(C)nc3nc(N)nn3c1C)O[C@@H](C)C2. The van der Waals surface area contributed by atoms with E-state index in [1.54, 1.807) is 4.52 Å². The number of aromatic nitrogens is 4. The summed E-state index contributed by atoms with van der Waals surface area (Å²) >= 11 is 0. The summed E-state index contributed by atoms with van der Waals surface area (Å²) in [6, 6.07) is 3.98. The zero-order valence-corrected chi connectivity index (χ0v) is 17.7. The zero-order chi connectivity index (χ0) is 21.4. The Labute approximate surface area is 174 Å². The molecule has 0 bridgehead atoms. The number of aryl methyl sites for hydroxylation is 2. The average molecular weight is 410 g/mol. The smallest absolute Gasteiger partial charge is 0.254 e. The summed E-state index contributed by atoms with van der Waals surface area (Å²) in [6.45, 7) is 8.63. The minimum Gasteiger partial charge on any atom is -0.494 e. The molecule has 9 nitrogen and oxygen atoms in total. The maximum absolute atomic E-state index is 12.7. The van der Waals surface area contributed by atoms with Crippen LogP contribution in [-0.4, -0.2) is 38.2 Å². The fourth-order valence-corrected chi connectivity index (χ4v) is 3.81. The van der Waals surface area contributed by atoms with Crippen molar-refractivity contribution in [2.45, 2.75) is 53.2 Å². The maximum atomic E-state index is 12.7. The second-order valence-electron chi connectivity index (χ2n) is 7.53. The number of benzene rings is 1. The molecule has 3 aromatic rings. The van der Waals surface area contributed by atoms with Gasteiger partial charge in [-0.1, -0.05) is 0 Å². The van der Waals surface area contributed by atoms with E-state index in [-0.39, 0.29) is 24.4 Å². The Kier molecular flexibility index (Phi) is 5.19. The van der Waals surface area contributed by atoms with E-state index in [4.69, 9.17) is 15.2 Å². The lowest BCUT2D eigenvalue weighted by Crippen LogP contribution is -2.26. The molecule has 1 aliphatic rings. The molecule has 0 saturated heterocycles. The van der Waals surface area contributed by atoms with E-state index < -0.39 is 0 Å². The number of ether oxygens (including phenoxy) is 2. The quantitative estimate of drug-likeness (QED) is 0.637. The first-order valence-electron chi connectivity index (χ1n) is 10.1. The van der Waals surface area contributed by atoms with Gasteiger partial charge in [0, 0.05) is 41.0 Å². The van der Waals surface area contributed by atoms with Crippen LogP contribution in [0.25, 0.3) is 5.78 Å². The number of carbonyl (C=O) groups excluding carboxylic acids is 1. The molecule has 1 aliphatic heterocycles. The van der Waals surface area contributed by atoms with E-state index in [2.05, 4.69) is 20.4 Å². The molecule has 0 saturated carbocycles. The predicted molar refractivity (Wildman–Crippen MR) is 112 cm³/mol. The highest BCUT2D eigenvalue weighted by molar-refractivity contribution is 5.79. The van der Waals surface area contributed by atoms with Crippen LogP contribution in [0.1, 0.15) is 41.9 Å². The van der Waals surface area contributed by atoms with Gasteiger partial charge in [0.15, 0.2) is 0 Å². The molecule has 30 heavy (non-hydrogen) atoms.